The second kappa shape index (κ2) is 7.10. The monoisotopic (exact) mass is 173 g/mol. The molecule has 12 heavy (non-hydrogen) atoms. The summed E-state index contributed by atoms with van der Waals surface area (Å²) in [6.07, 6.45) is 4.35. The molecule has 0 aliphatic heterocycles. The summed E-state index contributed by atoms with van der Waals surface area (Å²) in [6.45, 7) is 2.71. The molecule has 0 aliphatic carbocycles. The molecule has 1 atom stereocenters. The summed E-state index contributed by atoms with van der Waals surface area (Å²) in [5.74, 6) is -0.419. The Morgan fingerprint density at radius 3 is 2.58 bits per heavy atom. The number of hydrogen-bond donors (Lipinski definition) is 2. The molecule has 0 spiro atoms. The van der Waals surface area contributed by atoms with E-state index >= 15 is 0 Å². The van der Waals surface area contributed by atoms with Crippen LogP contribution < -0.4 is 5.73 Å². The first kappa shape index (κ1) is 11.4. The fourth-order valence-electron chi connectivity index (χ4n) is 1.32. The van der Waals surface area contributed by atoms with Crippen LogP contribution >= 0.6 is 0 Å². The molecule has 0 saturated heterocycles. The van der Waals surface area contributed by atoms with E-state index in [9.17, 15) is 4.79 Å². The van der Waals surface area contributed by atoms with Gasteiger partial charge in [-0.25, -0.2) is 0 Å². The van der Waals surface area contributed by atoms with E-state index in [1.807, 2.05) is 0 Å². The van der Waals surface area contributed by atoms with Crippen LogP contribution in [0, 0.1) is 5.92 Å². The first-order valence-electron chi connectivity index (χ1n) is 4.62. The predicted octanol–water partition coefficient (Wildman–Crippen LogP) is 1.62. The number of carbonyl (C=O) groups is 1. The molecule has 0 aliphatic rings. The SMILES string of the molecule is CCCCC(CCN)CC(=O)O. The lowest BCUT2D eigenvalue weighted by Gasteiger charge is -2.12. The van der Waals surface area contributed by atoms with Crippen molar-refractivity contribution in [1.82, 2.24) is 0 Å². The highest BCUT2D eigenvalue weighted by atomic mass is 16.4. The first-order valence-corrected chi connectivity index (χ1v) is 4.62. The molecule has 3 nitrogen and oxygen atoms in total. The van der Waals surface area contributed by atoms with Crippen LogP contribution in [0.15, 0.2) is 0 Å². The van der Waals surface area contributed by atoms with E-state index in [1.165, 1.54) is 0 Å². The lowest BCUT2D eigenvalue weighted by atomic mass is 9.95. The minimum atomic E-state index is -0.704. The molecule has 0 aromatic heterocycles. The average Bonchev–Trinajstić information content (AvgIpc) is 2.00. The minimum Gasteiger partial charge on any atom is -0.481 e. The third-order valence-electron chi connectivity index (χ3n) is 2.00. The number of carboxylic acid groups (broad SMARTS) is 1. The molecule has 0 bridgehead atoms. The van der Waals surface area contributed by atoms with Crippen molar-refractivity contribution in [2.45, 2.75) is 39.0 Å². The number of rotatable bonds is 7. The summed E-state index contributed by atoms with van der Waals surface area (Å²) in [4.78, 5) is 10.4. The largest absolute Gasteiger partial charge is 0.481 e. The normalized spacial score (nSPS) is 12.8. The van der Waals surface area contributed by atoms with E-state index in [0.717, 1.165) is 25.7 Å². The Hall–Kier alpha value is -0.570. The Bertz CT molecular complexity index is 126. The van der Waals surface area contributed by atoms with Crippen molar-refractivity contribution in [3.8, 4) is 0 Å². The second-order valence-corrected chi connectivity index (χ2v) is 3.18. The van der Waals surface area contributed by atoms with Crippen LogP contribution in [0.5, 0.6) is 0 Å². The minimum absolute atomic E-state index is 0.275. The van der Waals surface area contributed by atoms with Crippen LogP contribution in [0.1, 0.15) is 39.0 Å². The standard InChI is InChI=1S/C9H19NO2/c1-2-3-4-8(5-6-10)7-9(11)12/h8H,2-7,10H2,1H3,(H,11,12). The van der Waals surface area contributed by atoms with Gasteiger partial charge in [0.1, 0.15) is 0 Å². The number of hydrogen-bond acceptors (Lipinski definition) is 2. The van der Waals surface area contributed by atoms with Gasteiger partial charge in [-0.3, -0.25) is 4.79 Å². The first-order chi connectivity index (χ1) is 5.70. The van der Waals surface area contributed by atoms with Crippen molar-refractivity contribution in [2.75, 3.05) is 6.54 Å². The van der Waals surface area contributed by atoms with Gasteiger partial charge in [0.25, 0.3) is 0 Å². The number of nitrogens with two attached hydrogens (primary N) is 1. The van der Waals surface area contributed by atoms with E-state index in [1.54, 1.807) is 0 Å². The van der Waals surface area contributed by atoms with Crippen LogP contribution in [0.4, 0.5) is 0 Å². The average molecular weight is 173 g/mol. The fourth-order valence-corrected chi connectivity index (χ4v) is 1.32. The number of aliphatic carboxylic acids is 1. The Morgan fingerprint density at radius 2 is 2.17 bits per heavy atom. The van der Waals surface area contributed by atoms with E-state index in [2.05, 4.69) is 6.92 Å². The van der Waals surface area contributed by atoms with E-state index < -0.39 is 5.97 Å². The van der Waals surface area contributed by atoms with Gasteiger partial charge in [0.05, 0.1) is 0 Å². The summed E-state index contributed by atoms with van der Waals surface area (Å²) < 4.78 is 0. The molecule has 3 N–H and O–H groups in total. The molecular formula is C9H19NO2. The molecule has 0 fully saturated rings. The summed E-state index contributed by atoms with van der Waals surface area (Å²) in [5, 5.41) is 8.57. The zero-order chi connectivity index (χ0) is 9.40. The van der Waals surface area contributed by atoms with E-state index in [-0.39, 0.29) is 12.3 Å². The third kappa shape index (κ3) is 6.16. The smallest absolute Gasteiger partial charge is 0.303 e. The molecule has 0 aromatic rings. The van der Waals surface area contributed by atoms with Crippen LogP contribution in [-0.4, -0.2) is 17.6 Å². The summed E-state index contributed by atoms with van der Waals surface area (Å²) in [5.41, 5.74) is 5.38. The van der Waals surface area contributed by atoms with Crippen LogP contribution in [0.3, 0.4) is 0 Å². The number of carboxylic acids is 1. The molecule has 3 heteroatoms. The molecule has 0 heterocycles. The van der Waals surface area contributed by atoms with Gasteiger partial charge >= 0.3 is 5.97 Å². The zero-order valence-corrected chi connectivity index (χ0v) is 7.75. The van der Waals surface area contributed by atoms with E-state index in [0.29, 0.717) is 6.54 Å². The highest BCUT2D eigenvalue weighted by Crippen LogP contribution is 2.15. The maximum Gasteiger partial charge on any atom is 0.303 e. The molecule has 0 amide bonds. The molecule has 0 saturated carbocycles. The van der Waals surface area contributed by atoms with Gasteiger partial charge < -0.3 is 10.8 Å². The lowest BCUT2D eigenvalue weighted by molar-refractivity contribution is -0.138. The van der Waals surface area contributed by atoms with Gasteiger partial charge in [-0.05, 0) is 25.3 Å². The Kier molecular flexibility index (Phi) is 6.76. The fraction of sp³-hybridized carbons (Fsp3) is 0.889. The predicted molar refractivity (Wildman–Crippen MR) is 48.9 cm³/mol. The van der Waals surface area contributed by atoms with Crippen molar-refractivity contribution < 1.29 is 9.90 Å². The van der Waals surface area contributed by atoms with Gasteiger partial charge in [-0.1, -0.05) is 19.8 Å². The van der Waals surface area contributed by atoms with Gasteiger partial charge in [0.2, 0.25) is 0 Å². The van der Waals surface area contributed by atoms with Gasteiger partial charge in [0, 0.05) is 6.42 Å². The Balaban J connectivity index is 3.61. The number of unbranched alkanes of at least 4 members (excludes halogenated alkanes) is 1. The molecule has 0 rings (SSSR count). The van der Waals surface area contributed by atoms with Gasteiger partial charge in [-0.15, -0.1) is 0 Å². The van der Waals surface area contributed by atoms with Gasteiger partial charge in [0.15, 0.2) is 0 Å². The van der Waals surface area contributed by atoms with Crippen molar-refractivity contribution in [3.63, 3.8) is 0 Å². The van der Waals surface area contributed by atoms with Crippen molar-refractivity contribution >= 4 is 5.97 Å². The van der Waals surface area contributed by atoms with E-state index in [4.69, 9.17) is 10.8 Å². The maximum atomic E-state index is 10.4. The Morgan fingerprint density at radius 1 is 1.50 bits per heavy atom. The maximum absolute atomic E-state index is 10.4. The zero-order valence-electron chi connectivity index (χ0n) is 7.75. The highest BCUT2D eigenvalue weighted by molar-refractivity contribution is 5.66. The highest BCUT2D eigenvalue weighted by Gasteiger charge is 2.11. The quantitative estimate of drug-likeness (QED) is 0.615. The van der Waals surface area contributed by atoms with Crippen LogP contribution in [0.25, 0.3) is 0 Å². The van der Waals surface area contributed by atoms with Crippen molar-refractivity contribution in [2.24, 2.45) is 11.7 Å². The lowest BCUT2D eigenvalue weighted by Crippen LogP contribution is -2.12. The summed E-state index contributed by atoms with van der Waals surface area (Å²) >= 11 is 0. The summed E-state index contributed by atoms with van der Waals surface area (Å²) in [7, 11) is 0. The Labute approximate surface area is 74.0 Å². The molecule has 1 unspecified atom stereocenters. The molecular weight excluding hydrogens is 154 g/mol. The second-order valence-electron chi connectivity index (χ2n) is 3.18. The molecule has 0 radical (unpaired) electrons. The molecule has 72 valence electrons. The van der Waals surface area contributed by atoms with Crippen LogP contribution in [0.2, 0.25) is 0 Å². The molecule has 0 aromatic carbocycles. The summed E-state index contributed by atoms with van der Waals surface area (Å²) in [6, 6.07) is 0. The van der Waals surface area contributed by atoms with Gasteiger partial charge in [-0.2, -0.15) is 0 Å². The van der Waals surface area contributed by atoms with Crippen LogP contribution in [-0.2, 0) is 4.79 Å². The van der Waals surface area contributed by atoms with Crippen molar-refractivity contribution in [1.29, 1.82) is 0 Å². The third-order valence-corrected chi connectivity index (χ3v) is 2.00. The van der Waals surface area contributed by atoms with Crippen molar-refractivity contribution in [3.05, 3.63) is 0 Å². The topological polar surface area (TPSA) is 63.3 Å².